The molecule has 3 atom stereocenters. The number of carbonyl (C=O) groups excluding carboxylic acids is 2. The first-order valence-electron chi connectivity index (χ1n) is 7.46. The minimum atomic E-state index is -0.673. The van der Waals surface area contributed by atoms with Crippen LogP contribution in [-0.4, -0.2) is 35.7 Å². The molecule has 5 heteroatoms. The van der Waals surface area contributed by atoms with Gasteiger partial charge in [0.05, 0.1) is 5.37 Å². The average Bonchev–Trinajstić information content (AvgIpc) is 3.01. The molecule has 1 aromatic rings. The number of ether oxygens (including phenoxy) is 1. The van der Waals surface area contributed by atoms with Gasteiger partial charge in [0.2, 0.25) is 5.91 Å². The summed E-state index contributed by atoms with van der Waals surface area (Å²) in [6, 6.07) is 9.36. The summed E-state index contributed by atoms with van der Waals surface area (Å²) < 4.78 is 5.10. The van der Waals surface area contributed by atoms with Crippen molar-refractivity contribution in [3.8, 4) is 0 Å². The van der Waals surface area contributed by atoms with Crippen LogP contribution < -0.4 is 0 Å². The molecule has 2 aliphatic heterocycles. The fraction of sp³-hybridized carbons (Fsp3) is 0.412. The van der Waals surface area contributed by atoms with Gasteiger partial charge in [-0.25, -0.2) is 0 Å². The van der Waals surface area contributed by atoms with Gasteiger partial charge < -0.3 is 9.64 Å². The third-order valence-corrected chi connectivity index (χ3v) is 5.32. The van der Waals surface area contributed by atoms with Crippen LogP contribution in [0.5, 0.6) is 0 Å². The second-order valence-electron chi connectivity index (χ2n) is 5.54. The number of rotatable bonds is 5. The number of nitrogens with zero attached hydrogens (tertiary/aromatic N) is 1. The predicted octanol–water partition coefficient (Wildman–Crippen LogP) is 2.77. The number of hydrogen-bond donors (Lipinski definition) is 0. The molecule has 1 aromatic carbocycles. The number of ketones is 1. The van der Waals surface area contributed by atoms with Crippen molar-refractivity contribution in [2.75, 3.05) is 13.7 Å². The standard InChI is InChI=1S/C17H19NO3S/c1-21-10-5-8-13-15(19)14(12-6-3-2-4-7-12)16(20)18-9-11-22-17(13)18/h2-4,6-7,9,11,13-14,17H,5,8,10H2,1H3. The highest BCUT2D eigenvalue weighted by molar-refractivity contribution is 8.03. The Morgan fingerprint density at radius 1 is 1.23 bits per heavy atom. The van der Waals surface area contributed by atoms with Crippen LogP contribution in [0, 0.1) is 5.92 Å². The van der Waals surface area contributed by atoms with Gasteiger partial charge in [-0.3, -0.25) is 9.59 Å². The Bertz CT molecular complexity index is 587. The van der Waals surface area contributed by atoms with Gasteiger partial charge in [0.1, 0.15) is 5.92 Å². The van der Waals surface area contributed by atoms with Gasteiger partial charge >= 0.3 is 0 Å². The Balaban J connectivity index is 1.88. The third-order valence-electron chi connectivity index (χ3n) is 4.21. The number of piperidine rings is 1. The predicted molar refractivity (Wildman–Crippen MR) is 86.2 cm³/mol. The first kappa shape index (κ1) is 15.3. The summed E-state index contributed by atoms with van der Waals surface area (Å²) in [7, 11) is 1.66. The monoisotopic (exact) mass is 317 g/mol. The number of thioether (sulfide) groups is 1. The molecular weight excluding hydrogens is 298 g/mol. The van der Waals surface area contributed by atoms with E-state index in [0.717, 1.165) is 18.4 Å². The van der Waals surface area contributed by atoms with Gasteiger partial charge in [0.15, 0.2) is 5.78 Å². The van der Waals surface area contributed by atoms with Gasteiger partial charge in [0.25, 0.3) is 0 Å². The average molecular weight is 317 g/mol. The van der Waals surface area contributed by atoms with E-state index in [9.17, 15) is 9.59 Å². The zero-order valence-corrected chi connectivity index (χ0v) is 13.3. The van der Waals surface area contributed by atoms with Crippen molar-refractivity contribution in [1.29, 1.82) is 0 Å². The van der Waals surface area contributed by atoms with Crippen LogP contribution in [0.2, 0.25) is 0 Å². The summed E-state index contributed by atoms with van der Waals surface area (Å²) in [5, 5.41) is 1.82. The third kappa shape index (κ3) is 2.71. The minimum Gasteiger partial charge on any atom is -0.385 e. The van der Waals surface area contributed by atoms with Crippen LogP contribution in [0.4, 0.5) is 0 Å². The Kier molecular flexibility index (Phi) is 4.64. The summed E-state index contributed by atoms with van der Waals surface area (Å²) >= 11 is 1.56. The lowest BCUT2D eigenvalue weighted by Crippen LogP contribution is -2.51. The molecule has 0 aromatic heterocycles. The van der Waals surface area contributed by atoms with Crippen molar-refractivity contribution < 1.29 is 14.3 Å². The van der Waals surface area contributed by atoms with E-state index in [1.807, 2.05) is 41.9 Å². The molecule has 0 saturated carbocycles. The molecule has 0 N–H and O–H groups in total. The van der Waals surface area contributed by atoms with E-state index in [2.05, 4.69) is 0 Å². The van der Waals surface area contributed by atoms with Crippen molar-refractivity contribution in [2.45, 2.75) is 24.1 Å². The maximum absolute atomic E-state index is 12.9. The SMILES string of the molecule is COCCCC1C(=O)C(c2ccccc2)C(=O)N2C=CSC12. The first-order chi connectivity index (χ1) is 10.7. The molecule has 3 rings (SSSR count). The molecule has 0 bridgehead atoms. The van der Waals surface area contributed by atoms with Crippen LogP contribution in [0.1, 0.15) is 24.3 Å². The maximum atomic E-state index is 12.9. The van der Waals surface area contributed by atoms with E-state index < -0.39 is 5.92 Å². The molecule has 1 saturated heterocycles. The van der Waals surface area contributed by atoms with Crippen LogP contribution in [-0.2, 0) is 14.3 Å². The Morgan fingerprint density at radius 2 is 2.00 bits per heavy atom. The smallest absolute Gasteiger partial charge is 0.242 e. The molecule has 3 unspecified atom stereocenters. The molecule has 2 heterocycles. The van der Waals surface area contributed by atoms with Crippen LogP contribution in [0.25, 0.3) is 0 Å². The fourth-order valence-electron chi connectivity index (χ4n) is 3.13. The van der Waals surface area contributed by atoms with Gasteiger partial charge in [-0.15, -0.1) is 11.8 Å². The summed E-state index contributed by atoms with van der Waals surface area (Å²) in [6.07, 6.45) is 3.38. The normalized spacial score (nSPS) is 27.3. The first-order valence-corrected chi connectivity index (χ1v) is 8.40. The number of carbonyl (C=O) groups is 2. The number of Topliss-reactive ketones (excluding diaryl/α,β-unsaturated/α-hetero) is 1. The molecule has 0 spiro atoms. The zero-order valence-electron chi connectivity index (χ0n) is 12.5. The van der Waals surface area contributed by atoms with Crippen molar-refractivity contribution in [2.24, 2.45) is 5.92 Å². The van der Waals surface area contributed by atoms with Gasteiger partial charge in [-0.05, 0) is 23.8 Å². The lowest BCUT2D eigenvalue weighted by molar-refractivity contribution is -0.144. The number of methoxy groups -OCH3 is 1. The largest absolute Gasteiger partial charge is 0.385 e. The summed E-state index contributed by atoms with van der Waals surface area (Å²) in [4.78, 5) is 27.4. The number of hydrogen-bond acceptors (Lipinski definition) is 4. The molecular formula is C17H19NO3S. The van der Waals surface area contributed by atoms with Crippen molar-refractivity contribution in [3.63, 3.8) is 0 Å². The highest BCUT2D eigenvalue weighted by atomic mass is 32.2. The van der Waals surface area contributed by atoms with Crippen molar-refractivity contribution in [3.05, 3.63) is 47.5 Å². The van der Waals surface area contributed by atoms with Gasteiger partial charge in [-0.1, -0.05) is 30.3 Å². The van der Waals surface area contributed by atoms with Crippen molar-refractivity contribution in [1.82, 2.24) is 4.90 Å². The van der Waals surface area contributed by atoms with Crippen molar-refractivity contribution >= 4 is 23.5 Å². The molecule has 4 nitrogen and oxygen atoms in total. The van der Waals surface area contributed by atoms with Gasteiger partial charge in [0, 0.05) is 25.8 Å². The van der Waals surface area contributed by atoms with Crippen LogP contribution in [0.3, 0.4) is 0 Å². The molecule has 0 aliphatic carbocycles. The Morgan fingerprint density at radius 3 is 2.73 bits per heavy atom. The van der Waals surface area contributed by atoms with E-state index in [1.165, 1.54) is 0 Å². The molecule has 0 radical (unpaired) electrons. The van der Waals surface area contributed by atoms with E-state index in [-0.39, 0.29) is 23.0 Å². The highest BCUT2D eigenvalue weighted by Gasteiger charge is 2.48. The second-order valence-corrected chi connectivity index (χ2v) is 6.57. The highest BCUT2D eigenvalue weighted by Crippen LogP contribution is 2.42. The lowest BCUT2D eigenvalue weighted by Gasteiger charge is -2.38. The van der Waals surface area contributed by atoms with E-state index >= 15 is 0 Å². The second kappa shape index (κ2) is 6.67. The van der Waals surface area contributed by atoms with E-state index in [1.54, 1.807) is 23.8 Å². The van der Waals surface area contributed by atoms with E-state index in [0.29, 0.717) is 6.61 Å². The number of amides is 1. The molecule has 116 valence electrons. The maximum Gasteiger partial charge on any atom is 0.242 e. The lowest BCUT2D eigenvalue weighted by atomic mass is 9.80. The fourth-order valence-corrected chi connectivity index (χ4v) is 4.26. The molecule has 1 amide bonds. The topological polar surface area (TPSA) is 46.6 Å². The Labute approximate surface area is 134 Å². The quantitative estimate of drug-likeness (QED) is 0.619. The summed E-state index contributed by atoms with van der Waals surface area (Å²) in [5.41, 5.74) is 0.790. The van der Waals surface area contributed by atoms with E-state index in [4.69, 9.17) is 4.74 Å². The zero-order chi connectivity index (χ0) is 15.5. The molecule has 2 aliphatic rings. The van der Waals surface area contributed by atoms with Crippen LogP contribution in [0.15, 0.2) is 41.9 Å². The molecule has 1 fully saturated rings. The Hall–Kier alpha value is -1.59. The van der Waals surface area contributed by atoms with Crippen LogP contribution >= 0.6 is 11.8 Å². The van der Waals surface area contributed by atoms with Gasteiger partial charge in [-0.2, -0.15) is 0 Å². The minimum absolute atomic E-state index is 0.0461. The summed E-state index contributed by atoms with van der Waals surface area (Å²) in [6.45, 7) is 0.637. The summed E-state index contributed by atoms with van der Waals surface area (Å²) in [5.74, 6) is -0.874. The number of fused-ring (bicyclic) bond motifs is 1. The molecule has 22 heavy (non-hydrogen) atoms. The number of benzene rings is 1.